The zero-order valence-corrected chi connectivity index (χ0v) is 13.8. The Morgan fingerprint density at radius 3 is 2.86 bits per heavy atom. The molecule has 118 valence electrons. The Bertz CT molecular complexity index is 697. The maximum atomic E-state index is 14.6. The molecule has 7 heteroatoms. The summed E-state index contributed by atoms with van der Waals surface area (Å²) in [5, 5.41) is 4.10. The van der Waals surface area contributed by atoms with Gasteiger partial charge in [-0.1, -0.05) is 29.0 Å². The fourth-order valence-corrected chi connectivity index (χ4v) is 3.91. The minimum Gasteiger partial charge on any atom is -0.353 e. The van der Waals surface area contributed by atoms with Crippen molar-refractivity contribution in [3.05, 3.63) is 23.2 Å². The van der Waals surface area contributed by atoms with Crippen LogP contribution >= 0.6 is 22.9 Å². The number of hydrogen-bond donors (Lipinski definition) is 1. The molecule has 1 aliphatic heterocycles. The maximum Gasteiger partial charge on any atom is 0.216 e. The zero-order valence-electron chi connectivity index (χ0n) is 12.2. The summed E-state index contributed by atoms with van der Waals surface area (Å²) in [4.78, 5) is 17.6. The number of piperidine rings is 1. The second kappa shape index (κ2) is 6.01. The van der Waals surface area contributed by atoms with Gasteiger partial charge in [-0.2, -0.15) is 0 Å². The Balaban J connectivity index is 1.70. The van der Waals surface area contributed by atoms with Gasteiger partial charge < -0.3 is 10.2 Å². The van der Waals surface area contributed by atoms with Gasteiger partial charge in [0.25, 0.3) is 0 Å². The molecule has 0 atom stereocenters. The normalized spacial score (nSPS) is 17.7. The number of carbonyl (C=O) groups is 1. The molecule has 0 bridgehead atoms. The van der Waals surface area contributed by atoms with Gasteiger partial charge in [-0.15, -0.1) is 0 Å². The molecule has 1 N–H and O–H groups in total. The molecule has 0 radical (unpaired) electrons. The Labute approximate surface area is 137 Å². The second-order valence-corrected chi connectivity index (χ2v) is 7.05. The molecular weight excluding hydrogens is 325 g/mol. The van der Waals surface area contributed by atoms with Crippen LogP contribution in [0.25, 0.3) is 10.2 Å². The highest BCUT2D eigenvalue weighted by Gasteiger charge is 2.35. The summed E-state index contributed by atoms with van der Waals surface area (Å²) in [7, 11) is 0. The first-order chi connectivity index (χ1) is 10.5. The molecule has 0 unspecified atom stereocenters. The van der Waals surface area contributed by atoms with Crippen LogP contribution in [0.1, 0.15) is 19.8 Å². The lowest BCUT2D eigenvalue weighted by Crippen LogP contribution is -2.48. The van der Waals surface area contributed by atoms with Crippen molar-refractivity contribution in [1.82, 2.24) is 10.3 Å². The van der Waals surface area contributed by atoms with Gasteiger partial charge in [0.1, 0.15) is 11.2 Å². The molecule has 1 amide bonds. The van der Waals surface area contributed by atoms with Crippen LogP contribution in [0.15, 0.2) is 18.2 Å². The number of thiazole rings is 1. The van der Waals surface area contributed by atoms with Crippen LogP contribution in [0.2, 0.25) is 5.02 Å². The van der Waals surface area contributed by atoms with E-state index in [1.807, 2.05) is 18.2 Å². The van der Waals surface area contributed by atoms with Gasteiger partial charge in [0.15, 0.2) is 5.13 Å². The number of hydrogen-bond acceptors (Lipinski definition) is 4. The van der Waals surface area contributed by atoms with Gasteiger partial charge in [-0.3, -0.25) is 4.79 Å². The number of fused-ring (bicyclic) bond motifs is 1. The van der Waals surface area contributed by atoms with E-state index in [0.717, 1.165) is 15.3 Å². The number of halogens is 2. The minimum atomic E-state index is -1.32. The molecule has 3 rings (SSSR count). The summed E-state index contributed by atoms with van der Waals surface area (Å²) < 4.78 is 15.7. The van der Waals surface area contributed by atoms with Crippen LogP contribution < -0.4 is 10.2 Å². The van der Waals surface area contributed by atoms with Crippen molar-refractivity contribution in [3.8, 4) is 0 Å². The molecule has 0 aliphatic carbocycles. The Morgan fingerprint density at radius 2 is 2.23 bits per heavy atom. The van der Waals surface area contributed by atoms with Crippen molar-refractivity contribution in [2.75, 3.05) is 24.5 Å². The standard InChI is InChI=1S/C15H17ClFN3OS/c1-10(21)18-9-15(17)5-7-20(8-6-15)14-19-13-11(16)3-2-4-12(13)22-14/h2-4H,5-9H2,1H3,(H,18,21). The number of carbonyl (C=O) groups excluding carboxylic acids is 1. The van der Waals surface area contributed by atoms with E-state index in [2.05, 4.69) is 15.2 Å². The summed E-state index contributed by atoms with van der Waals surface area (Å²) in [5.41, 5.74) is -0.518. The number of amides is 1. The number of aromatic nitrogens is 1. The van der Waals surface area contributed by atoms with E-state index in [1.54, 1.807) is 11.3 Å². The summed E-state index contributed by atoms with van der Waals surface area (Å²) >= 11 is 7.73. The molecule has 2 heterocycles. The van der Waals surface area contributed by atoms with E-state index < -0.39 is 5.67 Å². The first-order valence-corrected chi connectivity index (χ1v) is 8.40. The highest BCUT2D eigenvalue weighted by Crippen LogP contribution is 2.35. The van der Waals surface area contributed by atoms with E-state index >= 15 is 0 Å². The molecule has 22 heavy (non-hydrogen) atoms. The number of rotatable bonds is 3. The van der Waals surface area contributed by atoms with E-state index in [4.69, 9.17) is 11.6 Å². The number of anilines is 1. The molecule has 1 aliphatic rings. The van der Waals surface area contributed by atoms with Gasteiger partial charge in [0.05, 0.1) is 16.3 Å². The Hall–Kier alpha value is -1.40. The van der Waals surface area contributed by atoms with Crippen molar-refractivity contribution < 1.29 is 9.18 Å². The number of benzene rings is 1. The summed E-state index contributed by atoms with van der Waals surface area (Å²) in [5.74, 6) is -0.194. The Kier molecular flexibility index (Phi) is 4.23. The summed E-state index contributed by atoms with van der Waals surface area (Å²) in [6.07, 6.45) is 0.772. The van der Waals surface area contributed by atoms with E-state index in [1.165, 1.54) is 6.92 Å². The highest BCUT2D eigenvalue weighted by molar-refractivity contribution is 7.22. The molecule has 2 aromatic rings. The van der Waals surface area contributed by atoms with Crippen molar-refractivity contribution in [2.24, 2.45) is 0 Å². The number of nitrogens with one attached hydrogen (secondary N) is 1. The highest BCUT2D eigenvalue weighted by atomic mass is 35.5. The predicted octanol–water partition coefficient (Wildman–Crippen LogP) is 3.39. The lowest BCUT2D eigenvalue weighted by atomic mass is 9.93. The summed E-state index contributed by atoms with van der Waals surface area (Å²) in [6, 6.07) is 5.72. The predicted molar refractivity (Wildman–Crippen MR) is 88.6 cm³/mol. The quantitative estimate of drug-likeness (QED) is 0.930. The smallest absolute Gasteiger partial charge is 0.216 e. The average Bonchev–Trinajstić information content (AvgIpc) is 2.92. The monoisotopic (exact) mass is 341 g/mol. The molecule has 1 aromatic heterocycles. The van der Waals surface area contributed by atoms with E-state index in [-0.39, 0.29) is 12.5 Å². The third-order valence-electron chi connectivity index (χ3n) is 3.94. The molecule has 1 saturated heterocycles. The molecule has 1 aromatic carbocycles. The topological polar surface area (TPSA) is 45.2 Å². The van der Waals surface area contributed by atoms with Gasteiger partial charge >= 0.3 is 0 Å². The first kappa shape index (κ1) is 15.5. The van der Waals surface area contributed by atoms with Crippen LogP contribution in [-0.4, -0.2) is 36.2 Å². The van der Waals surface area contributed by atoms with Gasteiger partial charge in [-0.25, -0.2) is 9.37 Å². The maximum absolute atomic E-state index is 14.6. The second-order valence-electron chi connectivity index (χ2n) is 5.63. The van der Waals surface area contributed by atoms with Gasteiger partial charge in [0, 0.05) is 32.9 Å². The molecule has 0 spiro atoms. The third kappa shape index (κ3) is 3.17. The summed E-state index contributed by atoms with van der Waals surface area (Å²) in [6.45, 7) is 2.67. The largest absolute Gasteiger partial charge is 0.353 e. The third-order valence-corrected chi connectivity index (χ3v) is 5.33. The van der Waals surface area contributed by atoms with Crippen LogP contribution in [0.5, 0.6) is 0 Å². The molecule has 1 fully saturated rings. The lowest BCUT2D eigenvalue weighted by molar-refractivity contribution is -0.119. The van der Waals surface area contributed by atoms with Crippen LogP contribution in [0.4, 0.5) is 9.52 Å². The van der Waals surface area contributed by atoms with Crippen molar-refractivity contribution in [1.29, 1.82) is 0 Å². The number of para-hydroxylation sites is 1. The zero-order chi connectivity index (χ0) is 15.7. The van der Waals surface area contributed by atoms with Gasteiger partial charge in [-0.05, 0) is 12.1 Å². The Morgan fingerprint density at radius 1 is 1.50 bits per heavy atom. The number of nitrogens with zero attached hydrogens (tertiary/aromatic N) is 2. The van der Waals surface area contributed by atoms with Gasteiger partial charge in [0.2, 0.25) is 5.91 Å². The number of alkyl halides is 1. The van der Waals surface area contributed by atoms with E-state index in [0.29, 0.717) is 31.0 Å². The molecular formula is C15H17ClFN3OS. The molecule has 4 nitrogen and oxygen atoms in total. The SMILES string of the molecule is CC(=O)NCC1(F)CCN(c2nc3c(Cl)cccc3s2)CC1. The minimum absolute atomic E-state index is 0.0852. The first-order valence-electron chi connectivity index (χ1n) is 7.20. The van der Waals surface area contributed by atoms with Crippen LogP contribution in [-0.2, 0) is 4.79 Å². The van der Waals surface area contributed by atoms with Crippen molar-refractivity contribution in [2.45, 2.75) is 25.4 Å². The molecule has 0 saturated carbocycles. The van der Waals surface area contributed by atoms with Crippen molar-refractivity contribution in [3.63, 3.8) is 0 Å². The lowest BCUT2D eigenvalue weighted by Gasteiger charge is -2.36. The van der Waals surface area contributed by atoms with Crippen molar-refractivity contribution >= 4 is 44.2 Å². The average molecular weight is 342 g/mol. The fourth-order valence-electron chi connectivity index (χ4n) is 2.60. The van der Waals surface area contributed by atoms with Crippen LogP contribution in [0.3, 0.4) is 0 Å². The fraction of sp³-hybridized carbons (Fsp3) is 0.467. The van der Waals surface area contributed by atoms with E-state index in [9.17, 15) is 9.18 Å². The van der Waals surface area contributed by atoms with Crippen LogP contribution in [0, 0.1) is 0 Å².